The number of aromatic hydroxyl groups is 1. The Balaban J connectivity index is 1.79. The summed E-state index contributed by atoms with van der Waals surface area (Å²) in [5.74, 6) is 0.550. The number of amides is 1. The van der Waals surface area contributed by atoms with Crippen molar-refractivity contribution in [3.8, 4) is 17.1 Å². The Bertz CT molecular complexity index is 1310. The molecule has 4 aromatic rings. The number of aryl methyl sites for hydroxylation is 3. The second-order valence-electron chi connectivity index (χ2n) is 7.93. The molecule has 0 saturated carbocycles. The normalized spacial score (nSPS) is 11.2. The van der Waals surface area contributed by atoms with Crippen LogP contribution in [-0.2, 0) is 13.1 Å². The SMILES string of the molecule is CCn1ncc(CN(C)C(=O)c2cc(-c3cc(C)nc(C)n3)nc3ccc(O)cc23)c1C. The fourth-order valence-corrected chi connectivity index (χ4v) is 3.86. The van der Waals surface area contributed by atoms with Crippen molar-refractivity contribution in [2.45, 2.75) is 40.8 Å². The number of nitrogens with zero attached hydrogens (tertiary/aromatic N) is 6. The summed E-state index contributed by atoms with van der Waals surface area (Å²) in [4.78, 5) is 28.7. The fraction of sp³-hybridized carbons (Fsp3) is 0.292. The largest absolute Gasteiger partial charge is 0.508 e. The molecule has 164 valence electrons. The predicted molar refractivity (Wildman–Crippen MR) is 122 cm³/mol. The monoisotopic (exact) mass is 430 g/mol. The van der Waals surface area contributed by atoms with Crippen molar-refractivity contribution < 1.29 is 9.90 Å². The van der Waals surface area contributed by atoms with Crippen LogP contribution >= 0.6 is 0 Å². The third-order valence-corrected chi connectivity index (χ3v) is 5.51. The number of fused-ring (bicyclic) bond motifs is 1. The lowest BCUT2D eigenvalue weighted by atomic mass is 10.0. The van der Waals surface area contributed by atoms with Crippen LogP contribution < -0.4 is 0 Å². The molecule has 0 fully saturated rings. The molecule has 1 amide bonds. The van der Waals surface area contributed by atoms with Gasteiger partial charge in [-0.1, -0.05) is 0 Å². The van der Waals surface area contributed by atoms with E-state index in [9.17, 15) is 9.90 Å². The standard InChI is InChI=1S/C24H26N6O2/c1-6-30-15(3)17(12-25-30)13-29(5)24(32)20-11-23(22-9-14(2)26-16(4)27-22)28-21-8-7-18(31)10-19(20)21/h7-12,31H,6,13H2,1-5H3. The van der Waals surface area contributed by atoms with E-state index in [1.807, 2.05) is 38.4 Å². The van der Waals surface area contributed by atoms with Crippen molar-refractivity contribution in [2.24, 2.45) is 0 Å². The molecule has 8 nitrogen and oxygen atoms in total. The van der Waals surface area contributed by atoms with E-state index in [2.05, 4.69) is 15.1 Å². The Morgan fingerprint density at radius 1 is 1.06 bits per heavy atom. The molecule has 1 aromatic carbocycles. The van der Waals surface area contributed by atoms with E-state index >= 15 is 0 Å². The number of hydrogen-bond donors (Lipinski definition) is 1. The number of carbonyl (C=O) groups is 1. The maximum absolute atomic E-state index is 13.5. The smallest absolute Gasteiger partial charge is 0.254 e. The highest BCUT2D eigenvalue weighted by molar-refractivity contribution is 6.07. The van der Waals surface area contributed by atoms with Gasteiger partial charge in [0.2, 0.25) is 0 Å². The number of rotatable bonds is 5. The first kappa shape index (κ1) is 21.4. The molecule has 0 aliphatic carbocycles. The summed E-state index contributed by atoms with van der Waals surface area (Å²) in [7, 11) is 1.76. The Morgan fingerprint density at radius 2 is 1.81 bits per heavy atom. The zero-order valence-electron chi connectivity index (χ0n) is 18.9. The van der Waals surface area contributed by atoms with E-state index in [1.165, 1.54) is 0 Å². The Morgan fingerprint density at radius 3 is 2.50 bits per heavy atom. The zero-order valence-corrected chi connectivity index (χ0v) is 18.9. The van der Waals surface area contributed by atoms with E-state index in [-0.39, 0.29) is 11.7 Å². The van der Waals surface area contributed by atoms with E-state index in [0.717, 1.165) is 23.5 Å². The molecule has 0 unspecified atom stereocenters. The molecule has 0 aliphatic heterocycles. The van der Waals surface area contributed by atoms with E-state index in [4.69, 9.17) is 4.98 Å². The van der Waals surface area contributed by atoms with Gasteiger partial charge in [-0.2, -0.15) is 5.10 Å². The van der Waals surface area contributed by atoms with Gasteiger partial charge in [0.1, 0.15) is 11.6 Å². The molecular weight excluding hydrogens is 404 g/mol. The molecule has 0 saturated heterocycles. The summed E-state index contributed by atoms with van der Waals surface area (Å²) < 4.78 is 1.91. The zero-order chi connectivity index (χ0) is 23.0. The van der Waals surface area contributed by atoms with E-state index in [1.54, 1.807) is 42.4 Å². The first-order valence-electron chi connectivity index (χ1n) is 10.5. The van der Waals surface area contributed by atoms with Gasteiger partial charge in [0.05, 0.1) is 28.7 Å². The summed E-state index contributed by atoms with van der Waals surface area (Å²) in [6, 6.07) is 8.44. The second kappa shape index (κ2) is 8.37. The lowest BCUT2D eigenvalue weighted by Crippen LogP contribution is -2.27. The van der Waals surface area contributed by atoms with Gasteiger partial charge < -0.3 is 10.0 Å². The Hall–Kier alpha value is -3.81. The van der Waals surface area contributed by atoms with Crippen molar-refractivity contribution in [1.82, 2.24) is 29.6 Å². The van der Waals surface area contributed by atoms with Crippen LogP contribution in [0.15, 0.2) is 36.5 Å². The van der Waals surface area contributed by atoms with Gasteiger partial charge in [-0.05, 0) is 58.0 Å². The summed E-state index contributed by atoms with van der Waals surface area (Å²) in [6.45, 7) is 8.96. The average Bonchev–Trinajstić information content (AvgIpc) is 3.11. The van der Waals surface area contributed by atoms with Crippen molar-refractivity contribution in [3.05, 3.63) is 64.9 Å². The van der Waals surface area contributed by atoms with Crippen molar-refractivity contribution in [1.29, 1.82) is 0 Å². The minimum Gasteiger partial charge on any atom is -0.508 e. The lowest BCUT2D eigenvalue weighted by molar-refractivity contribution is 0.0787. The van der Waals surface area contributed by atoms with Crippen molar-refractivity contribution in [2.75, 3.05) is 7.05 Å². The van der Waals surface area contributed by atoms with Crippen LogP contribution in [-0.4, -0.2) is 47.7 Å². The topological polar surface area (TPSA) is 97.0 Å². The van der Waals surface area contributed by atoms with E-state index < -0.39 is 0 Å². The fourth-order valence-electron chi connectivity index (χ4n) is 3.86. The quantitative estimate of drug-likeness (QED) is 0.517. The molecule has 1 N–H and O–H groups in total. The number of carbonyl (C=O) groups excluding carboxylic acids is 1. The molecule has 8 heteroatoms. The number of phenolic OH excluding ortho intramolecular Hbond substituents is 1. The van der Waals surface area contributed by atoms with Gasteiger partial charge in [-0.15, -0.1) is 0 Å². The first-order valence-corrected chi connectivity index (χ1v) is 10.5. The minimum absolute atomic E-state index is 0.0811. The molecule has 0 bridgehead atoms. The summed E-state index contributed by atoms with van der Waals surface area (Å²) in [5, 5.41) is 15.0. The number of benzene rings is 1. The van der Waals surface area contributed by atoms with Crippen LogP contribution in [0.4, 0.5) is 0 Å². The molecule has 3 aromatic heterocycles. The predicted octanol–water partition coefficient (Wildman–Crippen LogP) is 3.81. The van der Waals surface area contributed by atoms with Crippen LogP contribution in [0.3, 0.4) is 0 Å². The van der Waals surface area contributed by atoms with Crippen LogP contribution in [0.2, 0.25) is 0 Å². The van der Waals surface area contributed by atoms with Crippen molar-refractivity contribution in [3.63, 3.8) is 0 Å². The van der Waals surface area contributed by atoms with Crippen LogP contribution in [0.5, 0.6) is 5.75 Å². The molecule has 32 heavy (non-hydrogen) atoms. The van der Waals surface area contributed by atoms with Gasteiger partial charge in [-0.25, -0.2) is 15.0 Å². The van der Waals surface area contributed by atoms with E-state index in [0.29, 0.717) is 40.2 Å². The second-order valence-corrected chi connectivity index (χ2v) is 7.93. The molecule has 3 heterocycles. The average molecular weight is 431 g/mol. The third kappa shape index (κ3) is 4.03. The summed E-state index contributed by atoms with van der Waals surface area (Å²) >= 11 is 0. The Kier molecular flexibility index (Phi) is 5.61. The molecule has 0 atom stereocenters. The summed E-state index contributed by atoms with van der Waals surface area (Å²) in [5.41, 5.74) is 5.17. The van der Waals surface area contributed by atoms with Gasteiger partial charge in [0, 0.05) is 42.5 Å². The van der Waals surface area contributed by atoms with Gasteiger partial charge in [0.25, 0.3) is 5.91 Å². The van der Waals surface area contributed by atoms with Gasteiger partial charge in [-0.3, -0.25) is 9.48 Å². The van der Waals surface area contributed by atoms with Gasteiger partial charge >= 0.3 is 0 Å². The number of aromatic nitrogens is 5. The van der Waals surface area contributed by atoms with Crippen LogP contribution in [0.1, 0.15) is 40.1 Å². The molecule has 0 spiro atoms. The summed E-state index contributed by atoms with van der Waals surface area (Å²) in [6.07, 6.45) is 1.80. The van der Waals surface area contributed by atoms with Crippen molar-refractivity contribution >= 4 is 16.8 Å². The third-order valence-electron chi connectivity index (χ3n) is 5.51. The molecule has 4 rings (SSSR count). The number of phenols is 1. The molecule has 0 aliphatic rings. The highest BCUT2D eigenvalue weighted by atomic mass is 16.3. The lowest BCUT2D eigenvalue weighted by Gasteiger charge is -2.19. The van der Waals surface area contributed by atoms with Crippen LogP contribution in [0.25, 0.3) is 22.3 Å². The number of pyridine rings is 1. The van der Waals surface area contributed by atoms with Crippen LogP contribution in [0, 0.1) is 20.8 Å². The highest BCUT2D eigenvalue weighted by Gasteiger charge is 2.20. The highest BCUT2D eigenvalue weighted by Crippen LogP contribution is 2.28. The number of hydrogen-bond acceptors (Lipinski definition) is 6. The maximum Gasteiger partial charge on any atom is 0.254 e. The Labute approximate surface area is 186 Å². The molecule has 0 radical (unpaired) electrons. The molecular formula is C24H26N6O2. The minimum atomic E-state index is -0.171. The maximum atomic E-state index is 13.5. The van der Waals surface area contributed by atoms with Gasteiger partial charge in [0.15, 0.2) is 0 Å². The first-order chi connectivity index (χ1) is 15.3.